The molecule has 0 spiro atoms. The molecule has 0 saturated heterocycles. The van der Waals surface area contributed by atoms with Crippen LogP contribution in [0.5, 0.6) is 11.5 Å². The first-order chi connectivity index (χ1) is 28.9. The molecule has 322 valence electrons. The van der Waals surface area contributed by atoms with Crippen LogP contribution < -0.4 is 25.4 Å². The number of carbonyl (C=O) groups is 2. The summed E-state index contributed by atoms with van der Waals surface area (Å²) in [5, 5.41) is 31.7. The summed E-state index contributed by atoms with van der Waals surface area (Å²) >= 11 is 0. The van der Waals surface area contributed by atoms with E-state index in [9.17, 15) is 19.8 Å². The van der Waals surface area contributed by atoms with Gasteiger partial charge in [-0.3, -0.25) is 14.6 Å². The zero-order valence-electron chi connectivity index (χ0n) is 36.7. The number of aliphatic hydroxyl groups excluding tert-OH is 2. The number of nitrogens with one attached hydrogen (secondary N) is 4. The standard InChI is InChI=1S/C49H60N6O6/c1-47(2,3)41(55-46(59)49(6,7)43(57)36-16-12-14-18-40(36)61-10)44-53-30-38(54-44)34-25-21-32(22-26-34)31-19-23-33(24-20-31)37(50-8)29-51-27-28-52-45(58)48(4,5)42(56)35-15-11-13-17-39(35)60-9/h11-26,29-30,41-43,51,56-57H,8,27-28H2,1-7,9-10H3,(H,52,58)(H,53,54)(H,55,59)/b37-29-. The fourth-order valence-electron chi connectivity index (χ4n) is 6.99. The zero-order chi connectivity index (χ0) is 44.5. The minimum atomic E-state index is -1.18. The Morgan fingerprint density at radius 2 is 1.23 bits per heavy atom. The molecule has 6 N–H and O–H groups in total. The molecule has 12 heteroatoms. The van der Waals surface area contributed by atoms with Crippen molar-refractivity contribution in [3.8, 4) is 33.9 Å². The molecule has 0 bridgehead atoms. The molecular formula is C49H60N6O6. The number of rotatable bonds is 18. The number of aromatic nitrogens is 2. The third-order valence-electron chi connectivity index (χ3n) is 11.1. The van der Waals surface area contributed by atoms with Crippen molar-refractivity contribution in [2.24, 2.45) is 21.2 Å². The predicted octanol–water partition coefficient (Wildman–Crippen LogP) is 8.19. The van der Waals surface area contributed by atoms with Gasteiger partial charge in [0, 0.05) is 36.0 Å². The number of hydrogen-bond donors (Lipinski definition) is 6. The maximum atomic E-state index is 13.8. The van der Waals surface area contributed by atoms with Gasteiger partial charge in [-0.15, -0.1) is 0 Å². The summed E-state index contributed by atoms with van der Waals surface area (Å²) in [6.45, 7) is 17.5. The van der Waals surface area contributed by atoms with Gasteiger partial charge >= 0.3 is 0 Å². The molecule has 2 amide bonds. The zero-order valence-corrected chi connectivity index (χ0v) is 36.7. The Morgan fingerprint density at radius 1 is 0.738 bits per heavy atom. The first kappa shape index (κ1) is 45.8. The van der Waals surface area contributed by atoms with Crippen LogP contribution in [-0.2, 0) is 9.59 Å². The molecule has 0 aliphatic heterocycles. The van der Waals surface area contributed by atoms with Crippen LogP contribution in [0.2, 0.25) is 0 Å². The van der Waals surface area contributed by atoms with Gasteiger partial charge in [0.2, 0.25) is 11.8 Å². The fourth-order valence-corrected chi connectivity index (χ4v) is 6.99. The van der Waals surface area contributed by atoms with Crippen LogP contribution in [0, 0.1) is 16.2 Å². The molecule has 12 nitrogen and oxygen atoms in total. The van der Waals surface area contributed by atoms with Crippen LogP contribution in [-0.4, -0.2) is 66.0 Å². The van der Waals surface area contributed by atoms with E-state index in [1.54, 1.807) is 77.5 Å². The number of methoxy groups -OCH3 is 2. The lowest BCUT2D eigenvalue weighted by Gasteiger charge is -2.35. The fraction of sp³-hybridized carbons (Fsp3) is 0.347. The molecule has 61 heavy (non-hydrogen) atoms. The molecule has 0 radical (unpaired) electrons. The van der Waals surface area contributed by atoms with E-state index in [0.29, 0.717) is 47.2 Å². The maximum absolute atomic E-state index is 13.8. The number of nitrogens with zero attached hydrogens (tertiary/aromatic N) is 2. The summed E-state index contributed by atoms with van der Waals surface area (Å²) < 4.78 is 10.8. The molecule has 0 aliphatic carbocycles. The van der Waals surface area contributed by atoms with E-state index in [2.05, 4.69) is 32.6 Å². The van der Waals surface area contributed by atoms with Crippen molar-refractivity contribution >= 4 is 24.2 Å². The van der Waals surface area contributed by atoms with Crippen LogP contribution >= 0.6 is 0 Å². The second-order valence-electron chi connectivity index (χ2n) is 17.2. The Bertz CT molecular complexity index is 2310. The second-order valence-corrected chi connectivity index (χ2v) is 17.2. The summed E-state index contributed by atoms with van der Waals surface area (Å²) in [5.41, 5.74) is 3.73. The van der Waals surface area contributed by atoms with Crippen molar-refractivity contribution in [1.29, 1.82) is 0 Å². The van der Waals surface area contributed by atoms with E-state index < -0.39 is 34.5 Å². The molecule has 1 aromatic heterocycles. The van der Waals surface area contributed by atoms with Gasteiger partial charge in [0.25, 0.3) is 0 Å². The molecule has 0 fully saturated rings. The summed E-state index contributed by atoms with van der Waals surface area (Å²) in [5.74, 6) is 1.06. The first-order valence-electron chi connectivity index (χ1n) is 20.3. The van der Waals surface area contributed by atoms with Gasteiger partial charge in [-0.05, 0) is 68.7 Å². The molecule has 5 aromatic rings. The lowest BCUT2D eigenvalue weighted by atomic mass is 9.79. The molecule has 1 heterocycles. The molecule has 3 unspecified atom stereocenters. The number of amides is 2. The monoisotopic (exact) mass is 828 g/mol. The number of imidazole rings is 1. The average molecular weight is 829 g/mol. The van der Waals surface area contributed by atoms with Gasteiger partial charge in [0.1, 0.15) is 17.3 Å². The molecule has 0 saturated carbocycles. The Kier molecular flexibility index (Phi) is 14.6. The number of benzene rings is 4. The third kappa shape index (κ3) is 10.6. The minimum Gasteiger partial charge on any atom is -0.496 e. The highest BCUT2D eigenvalue weighted by atomic mass is 16.5. The summed E-state index contributed by atoms with van der Waals surface area (Å²) in [4.78, 5) is 39.2. The van der Waals surface area contributed by atoms with Crippen molar-refractivity contribution in [1.82, 2.24) is 25.9 Å². The average Bonchev–Trinajstić information content (AvgIpc) is 3.75. The minimum absolute atomic E-state index is 0.282. The van der Waals surface area contributed by atoms with Crippen LogP contribution in [0.3, 0.4) is 0 Å². The van der Waals surface area contributed by atoms with Crippen molar-refractivity contribution in [2.45, 2.75) is 66.7 Å². The lowest BCUT2D eigenvalue weighted by Crippen LogP contribution is -2.46. The smallest absolute Gasteiger partial charge is 0.229 e. The lowest BCUT2D eigenvalue weighted by molar-refractivity contribution is -0.137. The van der Waals surface area contributed by atoms with Gasteiger partial charge in [0.05, 0.1) is 60.9 Å². The number of carbonyl (C=O) groups excluding carboxylic acids is 2. The van der Waals surface area contributed by atoms with E-state index >= 15 is 0 Å². The summed E-state index contributed by atoms with van der Waals surface area (Å²) in [7, 11) is 3.08. The Morgan fingerprint density at radius 3 is 1.74 bits per heavy atom. The maximum Gasteiger partial charge on any atom is 0.229 e. The third-order valence-corrected chi connectivity index (χ3v) is 11.1. The van der Waals surface area contributed by atoms with Crippen LogP contribution in [0.25, 0.3) is 28.1 Å². The van der Waals surface area contributed by atoms with Crippen molar-refractivity contribution < 1.29 is 29.3 Å². The van der Waals surface area contributed by atoms with Crippen molar-refractivity contribution in [2.75, 3.05) is 27.3 Å². The number of aliphatic hydroxyl groups is 2. The SMILES string of the molecule is C=N/C(=C\NCCNC(=O)C(C)(C)C(O)c1ccccc1OC)c1ccc(-c2ccc(-c3cnc(C(NC(=O)C(C)(C)C(O)c4ccccc4OC)C(C)(C)C)[nH]3)cc2)cc1. The number of para-hydroxylation sites is 2. The van der Waals surface area contributed by atoms with Crippen LogP contribution in [0.15, 0.2) is 114 Å². The predicted molar refractivity (Wildman–Crippen MR) is 242 cm³/mol. The topological polar surface area (TPSA) is 170 Å². The highest BCUT2D eigenvalue weighted by molar-refractivity contribution is 5.84. The number of aliphatic imine (C=N–C) groups is 1. The van der Waals surface area contributed by atoms with Gasteiger partial charge in [-0.25, -0.2) is 4.98 Å². The van der Waals surface area contributed by atoms with Gasteiger partial charge in [0.15, 0.2) is 0 Å². The Labute approximate surface area is 359 Å². The second kappa shape index (κ2) is 19.4. The van der Waals surface area contributed by atoms with Gasteiger partial charge < -0.3 is 40.6 Å². The number of H-pyrrole nitrogens is 1. The quantitative estimate of drug-likeness (QED) is 0.0380. The first-order valence-corrected chi connectivity index (χ1v) is 20.3. The van der Waals surface area contributed by atoms with Crippen molar-refractivity contribution in [3.63, 3.8) is 0 Å². The van der Waals surface area contributed by atoms with E-state index in [0.717, 1.165) is 27.9 Å². The summed E-state index contributed by atoms with van der Waals surface area (Å²) in [6, 6.07) is 30.0. The molecule has 3 atom stereocenters. The largest absolute Gasteiger partial charge is 0.496 e. The van der Waals surface area contributed by atoms with Gasteiger partial charge in [-0.1, -0.05) is 106 Å². The van der Waals surface area contributed by atoms with E-state index in [4.69, 9.17) is 14.5 Å². The Balaban J connectivity index is 1.19. The molecule has 4 aromatic carbocycles. The van der Waals surface area contributed by atoms with Crippen LogP contribution in [0.4, 0.5) is 0 Å². The number of hydrogen-bond acceptors (Lipinski definition) is 9. The van der Waals surface area contributed by atoms with E-state index in [1.807, 2.05) is 87.5 Å². The highest BCUT2D eigenvalue weighted by Gasteiger charge is 2.41. The van der Waals surface area contributed by atoms with E-state index in [-0.39, 0.29) is 11.8 Å². The number of aromatic amines is 1. The molecular weight excluding hydrogens is 769 g/mol. The Hall–Kier alpha value is -6.24. The van der Waals surface area contributed by atoms with E-state index in [1.165, 1.54) is 7.11 Å². The highest BCUT2D eigenvalue weighted by Crippen LogP contribution is 2.41. The van der Waals surface area contributed by atoms with Gasteiger partial charge in [-0.2, -0.15) is 0 Å². The summed E-state index contributed by atoms with van der Waals surface area (Å²) in [6.07, 6.45) is 1.37. The molecule has 0 aliphatic rings. The molecule has 5 rings (SSSR count). The normalized spacial score (nSPS) is 13.7. The van der Waals surface area contributed by atoms with Crippen molar-refractivity contribution in [3.05, 3.63) is 132 Å². The van der Waals surface area contributed by atoms with Crippen LogP contribution in [0.1, 0.15) is 89.2 Å². The number of ether oxygens (including phenoxy) is 2.